The molecular formula is C53H33N3O. The molecule has 0 aliphatic rings. The number of nitrogens with zero attached hydrogens (tertiary/aromatic N) is 3. The standard InChI is InChI=1S/C53H33N3O/c1-2-8-34(9-3-1)37-14-20-39(21-15-37)51-54-52(40-22-16-38(17-23-40)43-24-18-35-10-4-6-12-41(35)30-43)56-53(55-51)46-27-29-48-47-28-26-45(32-49(47)57-50(48)33-46)44-25-19-36-11-5-7-13-42(36)31-44/h1-33H. The molecule has 0 saturated carbocycles. The quantitative estimate of drug-likeness (QED) is 0.171. The second-order valence-electron chi connectivity index (χ2n) is 14.5. The molecule has 0 spiro atoms. The molecule has 0 radical (unpaired) electrons. The Balaban J connectivity index is 0.988. The number of hydrogen-bond acceptors (Lipinski definition) is 4. The van der Waals surface area contributed by atoms with Crippen LogP contribution < -0.4 is 0 Å². The molecular weight excluding hydrogens is 695 g/mol. The minimum atomic E-state index is 0.583. The SMILES string of the molecule is c1ccc(-c2ccc(-c3nc(-c4ccc(-c5ccc6ccccc6c5)cc4)nc(-c4ccc5c(c4)oc4cc(-c6ccc7ccccc7c6)ccc45)n3)cc2)cc1. The first kappa shape index (κ1) is 32.7. The van der Waals surface area contributed by atoms with E-state index >= 15 is 0 Å². The van der Waals surface area contributed by atoms with Crippen LogP contribution in [-0.2, 0) is 0 Å². The number of furan rings is 1. The Morgan fingerprint density at radius 2 is 0.596 bits per heavy atom. The predicted molar refractivity (Wildman–Crippen MR) is 235 cm³/mol. The first-order chi connectivity index (χ1) is 28.2. The summed E-state index contributed by atoms with van der Waals surface area (Å²) in [6.07, 6.45) is 0. The maximum atomic E-state index is 6.56. The van der Waals surface area contributed by atoms with Crippen LogP contribution in [0.3, 0.4) is 0 Å². The van der Waals surface area contributed by atoms with Gasteiger partial charge in [0, 0.05) is 27.5 Å². The van der Waals surface area contributed by atoms with E-state index in [0.717, 1.165) is 66.4 Å². The summed E-state index contributed by atoms with van der Waals surface area (Å²) >= 11 is 0. The summed E-state index contributed by atoms with van der Waals surface area (Å²) in [6.45, 7) is 0. The van der Waals surface area contributed by atoms with E-state index in [1.54, 1.807) is 0 Å². The van der Waals surface area contributed by atoms with E-state index in [1.165, 1.54) is 27.1 Å². The molecule has 11 aromatic rings. The van der Waals surface area contributed by atoms with E-state index < -0.39 is 0 Å². The molecule has 4 nitrogen and oxygen atoms in total. The summed E-state index contributed by atoms with van der Waals surface area (Å²) in [6, 6.07) is 70.1. The highest BCUT2D eigenvalue weighted by molar-refractivity contribution is 6.07. The van der Waals surface area contributed by atoms with Gasteiger partial charge in [-0.25, -0.2) is 15.0 Å². The molecule has 2 aromatic heterocycles. The Morgan fingerprint density at radius 3 is 1.16 bits per heavy atom. The van der Waals surface area contributed by atoms with Crippen molar-refractivity contribution in [2.45, 2.75) is 0 Å². The lowest BCUT2D eigenvalue weighted by Crippen LogP contribution is -2.00. The van der Waals surface area contributed by atoms with Crippen molar-refractivity contribution in [3.05, 3.63) is 200 Å². The molecule has 0 aliphatic heterocycles. The zero-order valence-corrected chi connectivity index (χ0v) is 30.8. The van der Waals surface area contributed by atoms with Crippen LogP contribution in [0.5, 0.6) is 0 Å². The van der Waals surface area contributed by atoms with Crippen molar-refractivity contribution >= 4 is 43.5 Å². The second kappa shape index (κ2) is 13.6. The van der Waals surface area contributed by atoms with E-state index in [4.69, 9.17) is 19.4 Å². The van der Waals surface area contributed by atoms with E-state index in [2.05, 4.69) is 194 Å². The lowest BCUT2D eigenvalue weighted by atomic mass is 10.00. The molecule has 0 saturated heterocycles. The van der Waals surface area contributed by atoms with Gasteiger partial charge in [0.25, 0.3) is 0 Å². The summed E-state index contributed by atoms with van der Waals surface area (Å²) < 4.78 is 6.56. The molecule has 0 N–H and O–H groups in total. The Morgan fingerprint density at radius 1 is 0.246 bits per heavy atom. The molecule has 0 aliphatic carbocycles. The smallest absolute Gasteiger partial charge is 0.164 e. The summed E-state index contributed by atoms with van der Waals surface area (Å²) in [4.78, 5) is 15.2. The number of aromatic nitrogens is 3. The molecule has 11 rings (SSSR count). The van der Waals surface area contributed by atoms with Crippen molar-refractivity contribution in [2.24, 2.45) is 0 Å². The summed E-state index contributed by atoms with van der Waals surface area (Å²) in [7, 11) is 0. The molecule has 9 aromatic carbocycles. The minimum Gasteiger partial charge on any atom is -0.456 e. The Hall–Kier alpha value is -7.69. The largest absolute Gasteiger partial charge is 0.456 e. The van der Waals surface area contributed by atoms with E-state index in [1.807, 2.05) is 6.07 Å². The van der Waals surface area contributed by atoms with Crippen molar-refractivity contribution in [1.82, 2.24) is 15.0 Å². The maximum Gasteiger partial charge on any atom is 0.164 e. The highest BCUT2D eigenvalue weighted by atomic mass is 16.3. The van der Waals surface area contributed by atoms with Crippen LogP contribution in [-0.4, -0.2) is 15.0 Å². The highest BCUT2D eigenvalue weighted by Crippen LogP contribution is 2.36. The molecule has 0 bridgehead atoms. The zero-order valence-electron chi connectivity index (χ0n) is 30.8. The van der Waals surface area contributed by atoms with Crippen LogP contribution in [0.25, 0.3) is 111 Å². The van der Waals surface area contributed by atoms with Crippen LogP contribution in [0.4, 0.5) is 0 Å². The summed E-state index contributed by atoms with van der Waals surface area (Å²) in [5.74, 6) is 1.80. The van der Waals surface area contributed by atoms with Crippen molar-refractivity contribution in [3.8, 4) is 67.5 Å². The fourth-order valence-electron chi connectivity index (χ4n) is 7.85. The van der Waals surface area contributed by atoms with Gasteiger partial charge in [-0.15, -0.1) is 0 Å². The minimum absolute atomic E-state index is 0.583. The van der Waals surface area contributed by atoms with Crippen molar-refractivity contribution < 1.29 is 4.42 Å². The van der Waals surface area contributed by atoms with Crippen molar-refractivity contribution in [2.75, 3.05) is 0 Å². The van der Waals surface area contributed by atoms with Gasteiger partial charge < -0.3 is 4.42 Å². The fraction of sp³-hybridized carbons (Fsp3) is 0. The third-order valence-electron chi connectivity index (χ3n) is 10.9. The number of rotatable bonds is 6. The number of benzene rings is 9. The topological polar surface area (TPSA) is 51.8 Å². The second-order valence-corrected chi connectivity index (χ2v) is 14.5. The average molecular weight is 728 g/mol. The van der Waals surface area contributed by atoms with Crippen molar-refractivity contribution in [3.63, 3.8) is 0 Å². The molecule has 0 fully saturated rings. The Kier molecular flexibility index (Phi) is 7.78. The van der Waals surface area contributed by atoms with Gasteiger partial charge in [-0.1, -0.05) is 164 Å². The van der Waals surface area contributed by atoms with Gasteiger partial charge in [0.05, 0.1) is 0 Å². The van der Waals surface area contributed by atoms with Gasteiger partial charge in [0.1, 0.15) is 11.2 Å². The van der Waals surface area contributed by atoms with Gasteiger partial charge in [0.15, 0.2) is 17.5 Å². The van der Waals surface area contributed by atoms with Crippen molar-refractivity contribution in [1.29, 1.82) is 0 Å². The zero-order chi connectivity index (χ0) is 37.7. The third kappa shape index (κ3) is 6.10. The van der Waals surface area contributed by atoms with Gasteiger partial charge in [-0.05, 0) is 91.3 Å². The van der Waals surface area contributed by atoms with E-state index in [-0.39, 0.29) is 0 Å². The van der Waals surface area contributed by atoms with Crippen LogP contribution >= 0.6 is 0 Å². The fourth-order valence-corrected chi connectivity index (χ4v) is 7.85. The predicted octanol–water partition coefficient (Wildman–Crippen LogP) is 14.1. The van der Waals surface area contributed by atoms with E-state index in [9.17, 15) is 0 Å². The maximum absolute atomic E-state index is 6.56. The molecule has 0 unspecified atom stereocenters. The average Bonchev–Trinajstić information content (AvgIpc) is 3.66. The lowest BCUT2D eigenvalue weighted by Gasteiger charge is -2.10. The van der Waals surface area contributed by atoms with Gasteiger partial charge >= 0.3 is 0 Å². The first-order valence-electron chi connectivity index (χ1n) is 19.2. The molecule has 57 heavy (non-hydrogen) atoms. The first-order valence-corrected chi connectivity index (χ1v) is 19.2. The van der Waals surface area contributed by atoms with Gasteiger partial charge in [-0.3, -0.25) is 0 Å². The Labute approximate surface area is 329 Å². The van der Waals surface area contributed by atoms with Crippen LogP contribution in [0.2, 0.25) is 0 Å². The van der Waals surface area contributed by atoms with Crippen LogP contribution in [0, 0.1) is 0 Å². The number of hydrogen-bond donors (Lipinski definition) is 0. The monoisotopic (exact) mass is 727 g/mol. The normalized spacial score (nSPS) is 11.5. The third-order valence-corrected chi connectivity index (χ3v) is 10.9. The van der Waals surface area contributed by atoms with Crippen LogP contribution in [0.1, 0.15) is 0 Å². The summed E-state index contributed by atoms with van der Waals surface area (Å²) in [5, 5.41) is 7.01. The van der Waals surface area contributed by atoms with Gasteiger partial charge in [0.2, 0.25) is 0 Å². The summed E-state index contributed by atoms with van der Waals surface area (Å²) in [5.41, 5.74) is 11.2. The Bertz CT molecular complexity index is 3280. The number of fused-ring (bicyclic) bond motifs is 5. The van der Waals surface area contributed by atoms with E-state index in [0.29, 0.717) is 17.5 Å². The molecule has 0 amide bonds. The lowest BCUT2D eigenvalue weighted by molar-refractivity contribution is 0.669. The molecule has 0 atom stereocenters. The van der Waals surface area contributed by atoms with Crippen LogP contribution in [0.15, 0.2) is 205 Å². The van der Waals surface area contributed by atoms with Gasteiger partial charge in [-0.2, -0.15) is 0 Å². The highest BCUT2D eigenvalue weighted by Gasteiger charge is 2.16. The molecule has 4 heteroatoms. The molecule has 2 heterocycles. The molecule has 266 valence electrons.